The first-order valence-corrected chi connectivity index (χ1v) is 9.96. The second-order valence-electron chi connectivity index (χ2n) is 5.72. The lowest BCUT2D eigenvalue weighted by Gasteiger charge is -2.19. The van der Waals surface area contributed by atoms with Gasteiger partial charge in [0.1, 0.15) is 0 Å². The van der Waals surface area contributed by atoms with E-state index in [0.29, 0.717) is 21.6 Å². The zero-order chi connectivity index (χ0) is 18.8. The van der Waals surface area contributed by atoms with Gasteiger partial charge in [-0.15, -0.1) is 0 Å². The maximum absolute atomic E-state index is 12.7. The fourth-order valence-corrected chi connectivity index (χ4v) is 4.29. The van der Waals surface area contributed by atoms with Gasteiger partial charge in [0.25, 0.3) is 5.91 Å². The number of carbonyl (C=O) groups is 1. The van der Waals surface area contributed by atoms with Gasteiger partial charge in [-0.1, -0.05) is 23.7 Å². The molecule has 0 N–H and O–H groups in total. The topological polar surface area (TPSA) is 57.7 Å². The Morgan fingerprint density at radius 2 is 1.80 bits per heavy atom. The van der Waals surface area contributed by atoms with Crippen LogP contribution in [-0.4, -0.2) is 44.7 Å². The van der Waals surface area contributed by atoms with Crippen LogP contribution in [0.25, 0.3) is 0 Å². The number of benzene rings is 2. The van der Waals surface area contributed by atoms with Crippen molar-refractivity contribution in [2.24, 2.45) is 0 Å². The van der Waals surface area contributed by atoms with Crippen LogP contribution in [0.1, 0.15) is 15.9 Å². The number of halogens is 2. The minimum Gasteiger partial charge on any atom is -0.337 e. The molecule has 0 unspecified atom stereocenters. The van der Waals surface area contributed by atoms with E-state index in [1.807, 2.05) is 12.1 Å². The summed E-state index contributed by atoms with van der Waals surface area (Å²) in [7, 11) is 0.895. The van der Waals surface area contributed by atoms with E-state index in [0.717, 1.165) is 9.87 Å². The van der Waals surface area contributed by atoms with Crippen molar-refractivity contribution < 1.29 is 13.2 Å². The van der Waals surface area contributed by atoms with Crippen LogP contribution in [0.3, 0.4) is 0 Å². The normalized spacial score (nSPS) is 11.6. The minimum atomic E-state index is -3.66. The summed E-state index contributed by atoms with van der Waals surface area (Å²) >= 11 is 9.20. The van der Waals surface area contributed by atoms with Gasteiger partial charge in [0.05, 0.1) is 4.90 Å². The van der Waals surface area contributed by atoms with E-state index in [2.05, 4.69) is 15.9 Å². The summed E-state index contributed by atoms with van der Waals surface area (Å²) in [4.78, 5) is 14.2. The molecule has 5 nitrogen and oxygen atoms in total. The molecule has 0 bridgehead atoms. The molecule has 0 spiro atoms. The van der Waals surface area contributed by atoms with E-state index in [4.69, 9.17) is 11.6 Å². The van der Waals surface area contributed by atoms with E-state index in [-0.39, 0.29) is 10.8 Å². The van der Waals surface area contributed by atoms with E-state index in [1.54, 1.807) is 31.3 Å². The summed E-state index contributed by atoms with van der Waals surface area (Å²) in [6.45, 7) is 0.366. The van der Waals surface area contributed by atoms with Crippen LogP contribution in [0.4, 0.5) is 0 Å². The third-order valence-corrected chi connectivity index (χ3v) is 6.64. The van der Waals surface area contributed by atoms with Crippen LogP contribution in [0, 0.1) is 0 Å². The number of sulfonamides is 1. The third-order valence-electron chi connectivity index (χ3n) is 3.59. The summed E-state index contributed by atoms with van der Waals surface area (Å²) in [5.74, 6) is -0.275. The fraction of sp³-hybridized carbons (Fsp3) is 0.235. The Morgan fingerprint density at radius 1 is 1.12 bits per heavy atom. The number of hydrogen-bond acceptors (Lipinski definition) is 3. The predicted molar refractivity (Wildman–Crippen MR) is 102 cm³/mol. The van der Waals surface area contributed by atoms with Crippen molar-refractivity contribution in [1.29, 1.82) is 0 Å². The monoisotopic (exact) mass is 444 g/mol. The molecule has 0 aromatic heterocycles. The van der Waals surface area contributed by atoms with Crippen molar-refractivity contribution in [3.05, 3.63) is 63.1 Å². The van der Waals surface area contributed by atoms with E-state index < -0.39 is 10.0 Å². The van der Waals surface area contributed by atoms with E-state index >= 15 is 0 Å². The molecule has 1 amide bonds. The van der Waals surface area contributed by atoms with Gasteiger partial charge in [-0.2, -0.15) is 0 Å². The second-order valence-corrected chi connectivity index (χ2v) is 9.13. The molecule has 2 aromatic rings. The molecule has 0 aliphatic carbocycles. The zero-order valence-corrected chi connectivity index (χ0v) is 17.2. The van der Waals surface area contributed by atoms with Gasteiger partial charge in [-0.25, -0.2) is 12.7 Å². The average molecular weight is 446 g/mol. The maximum Gasteiger partial charge on any atom is 0.253 e. The van der Waals surface area contributed by atoms with Crippen LogP contribution in [0.5, 0.6) is 0 Å². The highest BCUT2D eigenvalue weighted by Crippen LogP contribution is 2.26. The average Bonchev–Trinajstić information content (AvgIpc) is 2.54. The predicted octanol–water partition coefficient (Wildman–Crippen LogP) is 3.63. The molecule has 0 heterocycles. The lowest BCUT2D eigenvalue weighted by molar-refractivity contribution is 0.0785. The molecule has 25 heavy (non-hydrogen) atoms. The summed E-state index contributed by atoms with van der Waals surface area (Å²) in [6, 6.07) is 11.8. The quantitative estimate of drug-likeness (QED) is 0.706. The number of amides is 1. The number of hydrogen-bond donors (Lipinski definition) is 0. The molecule has 0 aliphatic rings. The molecule has 2 rings (SSSR count). The van der Waals surface area contributed by atoms with Crippen LogP contribution >= 0.6 is 27.5 Å². The lowest BCUT2D eigenvalue weighted by Crippen LogP contribution is -2.27. The van der Waals surface area contributed by atoms with Crippen molar-refractivity contribution in [3.63, 3.8) is 0 Å². The highest BCUT2D eigenvalue weighted by Gasteiger charge is 2.23. The van der Waals surface area contributed by atoms with Gasteiger partial charge in [-0.05, 0) is 51.8 Å². The molecular formula is C17H18BrClN2O3S. The Kier molecular flexibility index (Phi) is 6.26. The Balaban J connectivity index is 2.30. The first-order chi connectivity index (χ1) is 11.6. The number of rotatable bonds is 5. The molecule has 134 valence electrons. The lowest BCUT2D eigenvalue weighted by atomic mass is 10.1. The SMILES string of the molecule is CN(Cc1cccc(Cl)c1)C(=O)c1ccc(Br)c(S(=O)(=O)N(C)C)c1. The zero-order valence-electron chi connectivity index (χ0n) is 14.0. The van der Waals surface area contributed by atoms with Gasteiger partial charge in [0.2, 0.25) is 10.0 Å². The Labute approximate surface area is 161 Å². The molecule has 2 aromatic carbocycles. The third kappa shape index (κ3) is 4.61. The summed E-state index contributed by atoms with van der Waals surface area (Å²) < 4.78 is 26.3. The molecular weight excluding hydrogens is 428 g/mol. The summed E-state index contributed by atoms with van der Waals surface area (Å²) in [5, 5.41) is 0.598. The standard InChI is InChI=1S/C17H18BrClN2O3S/c1-20(2)25(23,24)16-10-13(7-8-15(16)18)17(22)21(3)11-12-5-4-6-14(19)9-12/h4-10H,11H2,1-3H3. The van der Waals surface area contributed by atoms with Crippen molar-refractivity contribution in [2.75, 3.05) is 21.1 Å². The second kappa shape index (κ2) is 7.86. The van der Waals surface area contributed by atoms with Crippen LogP contribution < -0.4 is 0 Å². The van der Waals surface area contributed by atoms with Gasteiger partial charge in [0.15, 0.2) is 0 Å². The highest BCUT2D eigenvalue weighted by atomic mass is 79.9. The van der Waals surface area contributed by atoms with Crippen molar-refractivity contribution >= 4 is 43.5 Å². The highest BCUT2D eigenvalue weighted by molar-refractivity contribution is 9.10. The van der Waals surface area contributed by atoms with E-state index in [9.17, 15) is 13.2 Å². The van der Waals surface area contributed by atoms with Crippen LogP contribution in [0.2, 0.25) is 5.02 Å². The van der Waals surface area contributed by atoms with E-state index in [1.165, 1.54) is 25.1 Å². The molecule has 0 saturated carbocycles. The minimum absolute atomic E-state index is 0.0551. The van der Waals surface area contributed by atoms with Gasteiger partial charge in [-0.3, -0.25) is 4.79 Å². The first kappa shape index (κ1) is 19.9. The molecule has 8 heteroatoms. The smallest absolute Gasteiger partial charge is 0.253 e. The van der Waals surface area contributed by atoms with Crippen molar-refractivity contribution in [1.82, 2.24) is 9.21 Å². The molecule has 0 saturated heterocycles. The number of carbonyl (C=O) groups excluding carboxylic acids is 1. The van der Waals surface area contributed by atoms with Crippen LogP contribution in [0.15, 0.2) is 51.8 Å². The Morgan fingerprint density at radius 3 is 2.40 bits per heavy atom. The summed E-state index contributed by atoms with van der Waals surface area (Å²) in [5.41, 5.74) is 1.19. The van der Waals surface area contributed by atoms with Crippen molar-refractivity contribution in [3.8, 4) is 0 Å². The Hall–Kier alpha value is -1.41. The Bertz CT molecular complexity index is 901. The molecule has 0 fully saturated rings. The van der Waals surface area contributed by atoms with Gasteiger partial charge in [0, 0.05) is 42.7 Å². The largest absolute Gasteiger partial charge is 0.337 e. The molecule has 0 radical (unpaired) electrons. The first-order valence-electron chi connectivity index (χ1n) is 7.35. The number of nitrogens with zero attached hydrogens (tertiary/aromatic N) is 2. The van der Waals surface area contributed by atoms with Crippen LogP contribution in [-0.2, 0) is 16.6 Å². The van der Waals surface area contributed by atoms with Gasteiger partial charge < -0.3 is 4.90 Å². The van der Waals surface area contributed by atoms with Gasteiger partial charge >= 0.3 is 0 Å². The maximum atomic E-state index is 12.7. The molecule has 0 atom stereocenters. The fourth-order valence-electron chi connectivity index (χ4n) is 2.23. The molecule has 0 aliphatic heterocycles. The van der Waals surface area contributed by atoms with Crippen molar-refractivity contribution in [2.45, 2.75) is 11.4 Å². The summed E-state index contributed by atoms with van der Waals surface area (Å²) in [6.07, 6.45) is 0.